The average molecular weight is 572 g/mol. The Morgan fingerprint density at radius 2 is 1.79 bits per heavy atom. The van der Waals surface area contributed by atoms with Gasteiger partial charge < -0.3 is 14.8 Å². The van der Waals surface area contributed by atoms with Gasteiger partial charge in [-0.25, -0.2) is 14.1 Å². The summed E-state index contributed by atoms with van der Waals surface area (Å²) in [7, 11) is 1.34. The summed E-state index contributed by atoms with van der Waals surface area (Å²) >= 11 is 12.4. The number of hydrogen-bond donors (Lipinski definition) is 2. The summed E-state index contributed by atoms with van der Waals surface area (Å²) in [5.74, 6) is -2.57. The molecule has 0 aromatic heterocycles. The number of methoxy groups -OCH3 is 1. The van der Waals surface area contributed by atoms with E-state index in [1.807, 2.05) is 0 Å². The van der Waals surface area contributed by atoms with Gasteiger partial charge in [0.2, 0.25) is 0 Å². The zero-order valence-electron chi connectivity index (χ0n) is 20.5. The molecule has 5 amide bonds. The molecule has 4 rings (SSSR count). The smallest absolute Gasteiger partial charge is 0.335 e. The number of aryl methyl sites for hydroxylation is 1. The predicted octanol–water partition coefficient (Wildman–Crippen LogP) is 5.13. The Kier molecular flexibility index (Phi) is 8.18. The number of amides is 5. The van der Waals surface area contributed by atoms with E-state index in [-0.39, 0.29) is 33.3 Å². The molecule has 1 heterocycles. The lowest BCUT2D eigenvalue weighted by Gasteiger charge is -2.27. The van der Waals surface area contributed by atoms with Crippen molar-refractivity contribution in [2.24, 2.45) is 0 Å². The quantitative estimate of drug-likeness (QED) is 0.300. The number of carbonyl (C=O) groups is 4. The fourth-order valence-electron chi connectivity index (χ4n) is 3.70. The van der Waals surface area contributed by atoms with Crippen LogP contribution in [0.2, 0.25) is 10.0 Å². The van der Waals surface area contributed by atoms with Gasteiger partial charge in [-0.1, -0.05) is 29.3 Å². The molecule has 0 radical (unpaired) electrons. The third kappa shape index (κ3) is 6.19. The Morgan fingerprint density at radius 3 is 2.49 bits per heavy atom. The van der Waals surface area contributed by atoms with E-state index >= 15 is 0 Å². The van der Waals surface area contributed by atoms with Crippen molar-refractivity contribution in [2.75, 3.05) is 23.9 Å². The molecule has 0 bridgehead atoms. The van der Waals surface area contributed by atoms with Gasteiger partial charge in [0, 0.05) is 10.7 Å². The second kappa shape index (κ2) is 11.5. The summed E-state index contributed by atoms with van der Waals surface area (Å²) in [5, 5.41) is 5.03. The molecule has 1 aliphatic heterocycles. The Balaban J connectivity index is 1.57. The molecule has 12 heteroatoms. The minimum atomic E-state index is -0.911. The zero-order valence-corrected chi connectivity index (χ0v) is 22.0. The molecule has 0 unspecified atom stereocenters. The summed E-state index contributed by atoms with van der Waals surface area (Å²) in [5.41, 5.74) is 1.14. The molecule has 0 saturated carbocycles. The molecule has 1 fully saturated rings. The number of barbiturate groups is 1. The maximum absolute atomic E-state index is 13.2. The average Bonchev–Trinajstić information content (AvgIpc) is 2.88. The molecular formula is C27H20Cl2FN3O6. The number of nitrogens with one attached hydrogen (secondary N) is 2. The summed E-state index contributed by atoms with van der Waals surface area (Å²) < 4.78 is 23.9. The van der Waals surface area contributed by atoms with Crippen LogP contribution in [0.1, 0.15) is 11.1 Å². The first kappa shape index (κ1) is 27.6. The number of rotatable bonds is 7. The highest BCUT2D eigenvalue weighted by molar-refractivity contribution is 6.40. The van der Waals surface area contributed by atoms with Crippen molar-refractivity contribution in [3.63, 3.8) is 0 Å². The highest BCUT2D eigenvalue weighted by Crippen LogP contribution is 2.37. The third-order valence-electron chi connectivity index (χ3n) is 5.55. The van der Waals surface area contributed by atoms with E-state index < -0.39 is 36.2 Å². The standard InChI is InChI=1S/C27H20Cl2FN3O6/c1-14-3-4-16(28)12-21(14)33-26(36)19(25(35)32-27(33)37)9-15-10-20(29)24(22(11-15)38-2)39-13-23(34)31-18-7-5-17(30)6-8-18/h3-12H,13H2,1-2H3,(H,31,34)(H,32,35,37)/b19-9+. The summed E-state index contributed by atoms with van der Waals surface area (Å²) in [6.07, 6.45) is 1.25. The third-order valence-corrected chi connectivity index (χ3v) is 6.07. The Labute approximate surface area is 232 Å². The van der Waals surface area contributed by atoms with E-state index in [1.165, 1.54) is 55.7 Å². The number of urea groups is 1. The van der Waals surface area contributed by atoms with Gasteiger partial charge in [-0.3, -0.25) is 19.7 Å². The van der Waals surface area contributed by atoms with Crippen molar-refractivity contribution < 1.29 is 33.0 Å². The molecule has 3 aromatic carbocycles. The number of carbonyl (C=O) groups excluding carboxylic acids is 4. The number of imide groups is 2. The number of nitrogens with zero attached hydrogens (tertiary/aromatic N) is 1. The maximum atomic E-state index is 13.2. The summed E-state index contributed by atoms with van der Waals surface area (Å²) in [4.78, 5) is 51.4. The van der Waals surface area contributed by atoms with E-state index in [1.54, 1.807) is 19.1 Å². The molecule has 9 nitrogen and oxygen atoms in total. The lowest BCUT2D eigenvalue weighted by atomic mass is 10.1. The first-order valence-electron chi connectivity index (χ1n) is 11.3. The fraction of sp³-hybridized carbons (Fsp3) is 0.111. The summed E-state index contributed by atoms with van der Waals surface area (Å²) in [6.45, 7) is 1.25. The number of ether oxygens (including phenoxy) is 2. The molecule has 1 aliphatic rings. The molecule has 1 saturated heterocycles. The molecular weight excluding hydrogens is 552 g/mol. The van der Waals surface area contributed by atoms with E-state index in [9.17, 15) is 23.6 Å². The van der Waals surface area contributed by atoms with Crippen molar-refractivity contribution in [1.29, 1.82) is 0 Å². The Hall–Kier alpha value is -4.41. The number of hydrogen-bond acceptors (Lipinski definition) is 6. The van der Waals surface area contributed by atoms with Crippen LogP contribution in [0.4, 0.5) is 20.6 Å². The molecule has 200 valence electrons. The van der Waals surface area contributed by atoms with Crippen molar-refractivity contribution in [3.8, 4) is 11.5 Å². The number of halogens is 3. The monoisotopic (exact) mass is 571 g/mol. The highest BCUT2D eigenvalue weighted by atomic mass is 35.5. The predicted molar refractivity (Wildman–Crippen MR) is 144 cm³/mol. The second-order valence-corrected chi connectivity index (χ2v) is 9.11. The number of anilines is 2. The van der Waals surface area contributed by atoms with Crippen LogP contribution < -0.4 is 25.0 Å². The lowest BCUT2D eigenvalue weighted by Crippen LogP contribution is -2.54. The summed E-state index contributed by atoms with van der Waals surface area (Å²) in [6, 6.07) is 11.8. The molecule has 0 spiro atoms. The van der Waals surface area contributed by atoms with Gasteiger partial charge in [0.1, 0.15) is 11.4 Å². The van der Waals surface area contributed by atoms with Crippen LogP contribution in [0.3, 0.4) is 0 Å². The van der Waals surface area contributed by atoms with Crippen LogP contribution in [0, 0.1) is 12.7 Å². The SMILES string of the molecule is COc1cc(/C=C2\C(=O)NC(=O)N(c3cc(Cl)ccc3C)C2=O)cc(Cl)c1OCC(=O)Nc1ccc(F)cc1. The van der Waals surface area contributed by atoms with E-state index in [0.29, 0.717) is 16.3 Å². The van der Waals surface area contributed by atoms with Gasteiger partial charge in [0.05, 0.1) is 17.8 Å². The molecule has 39 heavy (non-hydrogen) atoms. The van der Waals surface area contributed by atoms with E-state index in [4.69, 9.17) is 32.7 Å². The highest BCUT2D eigenvalue weighted by Gasteiger charge is 2.37. The molecule has 0 aliphatic carbocycles. The van der Waals surface area contributed by atoms with Gasteiger partial charge in [-0.2, -0.15) is 0 Å². The zero-order chi connectivity index (χ0) is 28.3. The fourth-order valence-corrected chi connectivity index (χ4v) is 4.14. The van der Waals surface area contributed by atoms with Crippen molar-refractivity contribution in [1.82, 2.24) is 5.32 Å². The Bertz CT molecular complexity index is 1520. The first-order chi connectivity index (χ1) is 18.6. The second-order valence-electron chi connectivity index (χ2n) is 8.27. The lowest BCUT2D eigenvalue weighted by molar-refractivity contribution is -0.122. The van der Waals surface area contributed by atoms with Gasteiger partial charge >= 0.3 is 6.03 Å². The van der Waals surface area contributed by atoms with Crippen molar-refractivity contribution >= 4 is 64.4 Å². The van der Waals surface area contributed by atoms with E-state index in [2.05, 4.69) is 10.6 Å². The minimum absolute atomic E-state index is 0.0260. The van der Waals surface area contributed by atoms with Gasteiger partial charge in [-0.05, 0) is 72.7 Å². The molecule has 3 aromatic rings. The van der Waals surface area contributed by atoms with Crippen LogP contribution >= 0.6 is 23.2 Å². The van der Waals surface area contributed by atoms with Crippen LogP contribution in [-0.2, 0) is 14.4 Å². The Morgan fingerprint density at radius 1 is 1.08 bits per heavy atom. The molecule has 2 N–H and O–H groups in total. The topological polar surface area (TPSA) is 114 Å². The number of benzene rings is 3. The first-order valence-corrected chi connectivity index (χ1v) is 12.1. The van der Waals surface area contributed by atoms with Crippen LogP contribution in [-0.4, -0.2) is 37.5 Å². The van der Waals surface area contributed by atoms with Crippen LogP contribution in [0.15, 0.2) is 60.2 Å². The van der Waals surface area contributed by atoms with Gasteiger partial charge in [0.15, 0.2) is 18.1 Å². The van der Waals surface area contributed by atoms with Crippen molar-refractivity contribution in [3.05, 3.63) is 87.2 Å². The van der Waals surface area contributed by atoms with Crippen LogP contribution in [0.25, 0.3) is 6.08 Å². The minimum Gasteiger partial charge on any atom is -0.493 e. The molecule has 0 atom stereocenters. The van der Waals surface area contributed by atoms with Gasteiger partial charge in [0.25, 0.3) is 17.7 Å². The van der Waals surface area contributed by atoms with Gasteiger partial charge in [-0.15, -0.1) is 0 Å². The van der Waals surface area contributed by atoms with Crippen molar-refractivity contribution in [2.45, 2.75) is 6.92 Å². The van der Waals surface area contributed by atoms with E-state index in [0.717, 1.165) is 4.90 Å². The van der Waals surface area contributed by atoms with Crippen LogP contribution in [0.5, 0.6) is 11.5 Å². The normalized spacial score (nSPS) is 14.3. The largest absolute Gasteiger partial charge is 0.493 e. The maximum Gasteiger partial charge on any atom is 0.335 e.